The van der Waals surface area contributed by atoms with Crippen LogP contribution >= 0.6 is 11.6 Å². The zero-order valence-electron chi connectivity index (χ0n) is 11.7. The van der Waals surface area contributed by atoms with E-state index < -0.39 is 0 Å². The maximum atomic E-state index is 6.20. The molecule has 2 rings (SSSR count). The standard InChI is InChI=1S/C17H20ClN/c1-12-8-13(2)10-15(9-12)11-19-17-7-5-4-6-16(17)14(3)18/h4-10,14,19H,11H2,1-3H3. The highest BCUT2D eigenvalue weighted by Gasteiger charge is 2.06. The molecule has 0 saturated heterocycles. The van der Waals surface area contributed by atoms with E-state index in [1.807, 2.05) is 19.1 Å². The molecule has 0 aliphatic heterocycles. The lowest BCUT2D eigenvalue weighted by Crippen LogP contribution is -2.03. The molecule has 0 spiro atoms. The van der Waals surface area contributed by atoms with Gasteiger partial charge in [-0.05, 0) is 38.0 Å². The highest BCUT2D eigenvalue weighted by atomic mass is 35.5. The van der Waals surface area contributed by atoms with Gasteiger partial charge in [-0.1, -0.05) is 47.5 Å². The number of hydrogen-bond donors (Lipinski definition) is 1. The van der Waals surface area contributed by atoms with Crippen LogP contribution in [0.2, 0.25) is 0 Å². The van der Waals surface area contributed by atoms with Gasteiger partial charge in [0.25, 0.3) is 0 Å². The van der Waals surface area contributed by atoms with Gasteiger partial charge >= 0.3 is 0 Å². The maximum Gasteiger partial charge on any atom is 0.0577 e. The number of aryl methyl sites for hydroxylation is 2. The van der Waals surface area contributed by atoms with Crippen LogP contribution in [-0.2, 0) is 6.54 Å². The minimum Gasteiger partial charge on any atom is -0.381 e. The van der Waals surface area contributed by atoms with Crippen LogP contribution in [0.25, 0.3) is 0 Å². The Morgan fingerprint density at radius 2 is 1.68 bits per heavy atom. The molecule has 2 aromatic carbocycles. The first-order valence-electron chi connectivity index (χ1n) is 6.60. The summed E-state index contributed by atoms with van der Waals surface area (Å²) in [4.78, 5) is 0. The maximum absolute atomic E-state index is 6.20. The molecule has 0 aromatic heterocycles. The summed E-state index contributed by atoms with van der Waals surface area (Å²) in [6.07, 6.45) is 0. The number of benzene rings is 2. The zero-order chi connectivity index (χ0) is 13.8. The Hall–Kier alpha value is -1.47. The largest absolute Gasteiger partial charge is 0.381 e. The first-order chi connectivity index (χ1) is 9.06. The van der Waals surface area contributed by atoms with E-state index in [1.54, 1.807) is 0 Å². The van der Waals surface area contributed by atoms with Gasteiger partial charge in [0.1, 0.15) is 0 Å². The van der Waals surface area contributed by atoms with E-state index in [9.17, 15) is 0 Å². The third kappa shape index (κ3) is 3.74. The van der Waals surface area contributed by atoms with E-state index in [4.69, 9.17) is 11.6 Å². The van der Waals surface area contributed by atoms with Gasteiger partial charge in [-0.25, -0.2) is 0 Å². The van der Waals surface area contributed by atoms with Gasteiger partial charge in [0, 0.05) is 12.2 Å². The first kappa shape index (κ1) is 14.0. The van der Waals surface area contributed by atoms with Gasteiger partial charge in [-0.2, -0.15) is 0 Å². The zero-order valence-corrected chi connectivity index (χ0v) is 12.5. The average Bonchev–Trinajstić information content (AvgIpc) is 2.35. The van der Waals surface area contributed by atoms with Crippen molar-refractivity contribution in [3.63, 3.8) is 0 Å². The molecule has 100 valence electrons. The van der Waals surface area contributed by atoms with Crippen LogP contribution in [0, 0.1) is 13.8 Å². The Morgan fingerprint density at radius 1 is 1.05 bits per heavy atom. The van der Waals surface area contributed by atoms with E-state index in [0.717, 1.165) is 17.8 Å². The monoisotopic (exact) mass is 273 g/mol. The first-order valence-corrected chi connectivity index (χ1v) is 7.04. The highest BCUT2D eigenvalue weighted by Crippen LogP contribution is 2.27. The second-order valence-corrected chi connectivity index (χ2v) is 5.71. The molecule has 2 aromatic rings. The normalized spacial score (nSPS) is 12.2. The fourth-order valence-electron chi connectivity index (χ4n) is 2.37. The molecule has 2 heteroatoms. The molecule has 1 N–H and O–H groups in total. The summed E-state index contributed by atoms with van der Waals surface area (Å²) in [5, 5.41) is 3.50. The molecule has 0 aliphatic rings. The van der Waals surface area contributed by atoms with E-state index >= 15 is 0 Å². The van der Waals surface area contributed by atoms with Crippen molar-refractivity contribution in [1.82, 2.24) is 0 Å². The third-order valence-electron chi connectivity index (χ3n) is 3.15. The Bertz CT molecular complexity index is 541. The van der Waals surface area contributed by atoms with E-state index in [0.29, 0.717) is 0 Å². The van der Waals surface area contributed by atoms with E-state index in [1.165, 1.54) is 16.7 Å². The van der Waals surface area contributed by atoms with Gasteiger partial charge in [0.2, 0.25) is 0 Å². The molecule has 0 fully saturated rings. The Balaban J connectivity index is 2.14. The predicted molar refractivity (Wildman–Crippen MR) is 84.0 cm³/mol. The lowest BCUT2D eigenvalue weighted by molar-refractivity contribution is 1.06. The SMILES string of the molecule is Cc1cc(C)cc(CNc2ccccc2C(C)Cl)c1. The van der Waals surface area contributed by atoms with Crippen LogP contribution in [0.3, 0.4) is 0 Å². The highest BCUT2D eigenvalue weighted by molar-refractivity contribution is 6.21. The fourth-order valence-corrected chi connectivity index (χ4v) is 2.56. The molecule has 1 nitrogen and oxygen atoms in total. The van der Waals surface area contributed by atoms with E-state index in [2.05, 4.69) is 49.5 Å². The molecule has 0 amide bonds. The lowest BCUT2D eigenvalue weighted by atomic mass is 10.1. The number of anilines is 1. The Kier molecular flexibility index (Phi) is 4.49. The van der Waals surface area contributed by atoms with Crippen molar-refractivity contribution < 1.29 is 0 Å². The molecule has 0 saturated carbocycles. The van der Waals surface area contributed by atoms with Crippen molar-refractivity contribution in [2.75, 3.05) is 5.32 Å². The smallest absolute Gasteiger partial charge is 0.0577 e. The molecule has 0 heterocycles. The third-order valence-corrected chi connectivity index (χ3v) is 3.39. The molecule has 1 atom stereocenters. The molecule has 1 unspecified atom stereocenters. The Morgan fingerprint density at radius 3 is 2.32 bits per heavy atom. The van der Waals surface area contributed by atoms with Gasteiger partial charge in [0.05, 0.1) is 5.38 Å². The topological polar surface area (TPSA) is 12.0 Å². The summed E-state index contributed by atoms with van der Waals surface area (Å²) in [6, 6.07) is 14.8. The van der Waals surface area contributed by atoms with Crippen LogP contribution in [-0.4, -0.2) is 0 Å². The van der Waals surface area contributed by atoms with Crippen molar-refractivity contribution in [3.8, 4) is 0 Å². The molecule has 0 aliphatic carbocycles. The van der Waals surface area contributed by atoms with Gasteiger partial charge < -0.3 is 5.32 Å². The Labute approximate surface area is 120 Å². The second-order valence-electron chi connectivity index (χ2n) is 5.05. The van der Waals surface area contributed by atoms with Gasteiger partial charge in [-0.15, -0.1) is 11.6 Å². The fraction of sp³-hybridized carbons (Fsp3) is 0.294. The summed E-state index contributed by atoms with van der Waals surface area (Å²) in [5.41, 5.74) is 6.17. The van der Waals surface area contributed by atoms with Crippen LogP contribution < -0.4 is 5.32 Å². The number of rotatable bonds is 4. The van der Waals surface area contributed by atoms with Gasteiger partial charge in [0.15, 0.2) is 0 Å². The van der Waals surface area contributed by atoms with Crippen LogP contribution in [0.15, 0.2) is 42.5 Å². The van der Waals surface area contributed by atoms with Crippen molar-refractivity contribution >= 4 is 17.3 Å². The number of alkyl halides is 1. The van der Waals surface area contributed by atoms with Crippen molar-refractivity contribution in [2.24, 2.45) is 0 Å². The second kappa shape index (κ2) is 6.12. The van der Waals surface area contributed by atoms with Gasteiger partial charge in [-0.3, -0.25) is 0 Å². The molecular weight excluding hydrogens is 254 g/mol. The molecular formula is C17H20ClN. The van der Waals surface area contributed by atoms with Crippen LogP contribution in [0.4, 0.5) is 5.69 Å². The van der Waals surface area contributed by atoms with Crippen LogP contribution in [0.1, 0.15) is 34.6 Å². The number of halogens is 1. The molecule has 0 radical (unpaired) electrons. The summed E-state index contributed by atoms with van der Waals surface area (Å²) >= 11 is 6.20. The summed E-state index contributed by atoms with van der Waals surface area (Å²) in [6.45, 7) is 7.08. The van der Waals surface area contributed by atoms with Crippen molar-refractivity contribution in [1.29, 1.82) is 0 Å². The summed E-state index contributed by atoms with van der Waals surface area (Å²) in [5.74, 6) is 0. The summed E-state index contributed by atoms with van der Waals surface area (Å²) < 4.78 is 0. The number of nitrogens with one attached hydrogen (secondary N) is 1. The quantitative estimate of drug-likeness (QED) is 0.754. The average molecular weight is 274 g/mol. The van der Waals surface area contributed by atoms with Crippen LogP contribution in [0.5, 0.6) is 0 Å². The number of para-hydroxylation sites is 1. The minimum atomic E-state index is 0.0166. The number of hydrogen-bond acceptors (Lipinski definition) is 1. The predicted octanol–water partition coefficient (Wildman–Crippen LogP) is 5.22. The van der Waals surface area contributed by atoms with E-state index in [-0.39, 0.29) is 5.38 Å². The van der Waals surface area contributed by atoms with Crippen molar-refractivity contribution in [2.45, 2.75) is 32.7 Å². The summed E-state index contributed by atoms with van der Waals surface area (Å²) in [7, 11) is 0. The molecule has 0 bridgehead atoms. The molecule has 19 heavy (non-hydrogen) atoms. The minimum absolute atomic E-state index is 0.0166. The lowest BCUT2D eigenvalue weighted by Gasteiger charge is -2.14. The van der Waals surface area contributed by atoms with Crippen molar-refractivity contribution in [3.05, 3.63) is 64.7 Å².